The smallest absolute Gasteiger partial charge is 0.205 e. The summed E-state index contributed by atoms with van der Waals surface area (Å²) < 4.78 is 0. The molecule has 0 aliphatic heterocycles. The molecule has 108 valence electrons. The molecule has 0 atom stereocenters. The lowest BCUT2D eigenvalue weighted by atomic mass is 9.84. The van der Waals surface area contributed by atoms with Gasteiger partial charge in [0.15, 0.2) is 17.3 Å². The number of rotatable bonds is 0. The maximum Gasteiger partial charge on any atom is 0.205 e. The van der Waals surface area contributed by atoms with Crippen molar-refractivity contribution < 1.29 is 25.2 Å². The van der Waals surface area contributed by atoms with Crippen LogP contribution in [0, 0.1) is 0 Å². The Morgan fingerprint density at radius 1 is 0.682 bits per heavy atom. The van der Waals surface area contributed by atoms with Crippen molar-refractivity contribution in [1.29, 1.82) is 0 Å². The lowest BCUT2D eigenvalue weighted by Gasteiger charge is -2.20. The van der Waals surface area contributed by atoms with Crippen LogP contribution in [0.25, 0.3) is 17.2 Å². The quantitative estimate of drug-likeness (QED) is 0.442. The summed E-state index contributed by atoms with van der Waals surface area (Å²) in [6.45, 7) is 0. The number of ketones is 1. The summed E-state index contributed by atoms with van der Waals surface area (Å²) in [5, 5.41) is 39.5. The van der Waals surface area contributed by atoms with Crippen LogP contribution in [-0.4, -0.2) is 26.2 Å². The monoisotopic (exact) mass is 294 g/mol. The lowest BCUT2D eigenvalue weighted by Crippen LogP contribution is -2.08. The van der Waals surface area contributed by atoms with Gasteiger partial charge in [0.1, 0.15) is 0 Å². The Hall–Kier alpha value is -3.21. The second-order valence-electron chi connectivity index (χ2n) is 5.21. The third-order valence-electron chi connectivity index (χ3n) is 4.03. The molecular weight excluding hydrogens is 284 g/mol. The summed E-state index contributed by atoms with van der Waals surface area (Å²) in [5.41, 5.74) is 2.67. The zero-order chi connectivity index (χ0) is 15.6. The first-order chi connectivity index (χ1) is 10.5. The number of phenolic OH excluding ortho intramolecular Hbond substituents is 4. The fourth-order valence-corrected chi connectivity index (χ4v) is 3.01. The molecule has 0 heterocycles. The van der Waals surface area contributed by atoms with Crippen molar-refractivity contribution in [3.05, 3.63) is 52.6 Å². The fraction of sp³-hybridized carbons (Fsp3) is 0. The highest BCUT2D eigenvalue weighted by Crippen LogP contribution is 2.55. The molecule has 0 bridgehead atoms. The van der Waals surface area contributed by atoms with Crippen molar-refractivity contribution in [2.45, 2.75) is 0 Å². The molecule has 22 heavy (non-hydrogen) atoms. The minimum atomic E-state index is -0.905. The van der Waals surface area contributed by atoms with E-state index in [1.54, 1.807) is 6.08 Å². The molecule has 4 N–H and O–H groups in total. The number of phenols is 4. The Labute approximate surface area is 124 Å². The number of fused-ring (bicyclic) bond motifs is 5. The van der Waals surface area contributed by atoms with Crippen LogP contribution in [0.3, 0.4) is 0 Å². The summed E-state index contributed by atoms with van der Waals surface area (Å²) in [7, 11) is 0. The minimum Gasteiger partial charge on any atom is -0.504 e. The van der Waals surface area contributed by atoms with E-state index in [4.69, 9.17) is 0 Å². The van der Waals surface area contributed by atoms with Crippen LogP contribution in [0.1, 0.15) is 27.0 Å². The van der Waals surface area contributed by atoms with Gasteiger partial charge in [-0.15, -0.1) is 0 Å². The van der Waals surface area contributed by atoms with Gasteiger partial charge >= 0.3 is 0 Å². The van der Waals surface area contributed by atoms with Gasteiger partial charge in [-0.05, 0) is 34.4 Å². The fourth-order valence-electron chi connectivity index (χ4n) is 3.01. The first kappa shape index (κ1) is 12.5. The Kier molecular flexibility index (Phi) is 2.23. The summed E-state index contributed by atoms with van der Waals surface area (Å²) >= 11 is 0. The molecule has 5 nitrogen and oxygen atoms in total. The van der Waals surface area contributed by atoms with Gasteiger partial charge in [0.05, 0.1) is 5.56 Å². The average Bonchev–Trinajstić information content (AvgIpc) is 2.88. The molecule has 2 aromatic carbocycles. The van der Waals surface area contributed by atoms with E-state index in [9.17, 15) is 25.2 Å². The van der Waals surface area contributed by atoms with E-state index in [1.807, 2.05) is 24.3 Å². The number of carbonyl (C=O) groups excluding carboxylic acids is 1. The Balaban J connectivity index is 2.11. The van der Waals surface area contributed by atoms with Gasteiger partial charge in [-0.3, -0.25) is 4.79 Å². The predicted molar refractivity (Wildman–Crippen MR) is 79.7 cm³/mol. The van der Waals surface area contributed by atoms with Gasteiger partial charge in [0.2, 0.25) is 11.5 Å². The zero-order valence-corrected chi connectivity index (χ0v) is 11.2. The number of benzene rings is 2. The Bertz CT molecular complexity index is 935. The molecule has 0 saturated carbocycles. The number of aromatic hydroxyl groups is 4. The van der Waals surface area contributed by atoms with E-state index < -0.39 is 28.8 Å². The van der Waals surface area contributed by atoms with Crippen LogP contribution in [-0.2, 0) is 0 Å². The average molecular weight is 294 g/mol. The predicted octanol–water partition coefficient (Wildman–Crippen LogP) is 2.64. The van der Waals surface area contributed by atoms with Crippen molar-refractivity contribution in [2.24, 2.45) is 0 Å². The van der Waals surface area contributed by atoms with Gasteiger partial charge in [-0.2, -0.15) is 0 Å². The van der Waals surface area contributed by atoms with Gasteiger partial charge in [-0.1, -0.05) is 24.3 Å². The van der Waals surface area contributed by atoms with Crippen LogP contribution in [0.2, 0.25) is 0 Å². The standard InChI is InChI=1S/C17H10O5/c18-11-6-9-8-4-2-1-3-7(8)5-10(9)12-13(11)15(20)17(22)16(21)14(12)19/h1-6,19-22H. The molecular formula is C17H10O5. The second-order valence-corrected chi connectivity index (χ2v) is 5.21. The lowest BCUT2D eigenvalue weighted by molar-refractivity contribution is 0.104. The topological polar surface area (TPSA) is 98.0 Å². The molecule has 2 aliphatic carbocycles. The number of allylic oxidation sites excluding steroid dienone is 3. The van der Waals surface area contributed by atoms with E-state index in [0.29, 0.717) is 11.1 Å². The zero-order valence-electron chi connectivity index (χ0n) is 11.2. The van der Waals surface area contributed by atoms with Crippen LogP contribution < -0.4 is 0 Å². The van der Waals surface area contributed by atoms with E-state index in [2.05, 4.69) is 0 Å². The normalized spacial score (nSPS) is 14.8. The van der Waals surface area contributed by atoms with Crippen LogP contribution >= 0.6 is 0 Å². The van der Waals surface area contributed by atoms with Gasteiger partial charge in [-0.25, -0.2) is 0 Å². The molecule has 0 amide bonds. The van der Waals surface area contributed by atoms with Gasteiger partial charge in [0, 0.05) is 5.56 Å². The molecule has 0 unspecified atom stereocenters. The van der Waals surface area contributed by atoms with Crippen LogP contribution in [0.4, 0.5) is 0 Å². The highest BCUT2D eigenvalue weighted by Gasteiger charge is 2.35. The third-order valence-corrected chi connectivity index (χ3v) is 4.03. The van der Waals surface area contributed by atoms with Crippen molar-refractivity contribution in [2.75, 3.05) is 0 Å². The van der Waals surface area contributed by atoms with E-state index in [-0.39, 0.29) is 11.1 Å². The summed E-state index contributed by atoms with van der Waals surface area (Å²) in [6, 6.07) is 7.40. The molecule has 0 aromatic heterocycles. The molecule has 5 heteroatoms. The van der Waals surface area contributed by atoms with E-state index in [0.717, 1.165) is 11.1 Å². The van der Waals surface area contributed by atoms with Crippen LogP contribution in [0.15, 0.2) is 30.3 Å². The molecule has 0 radical (unpaired) electrons. The Morgan fingerprint density at radius 3 is 2.05 bits per heavy atom. The number of hydrogen-bond acceptors (Lipinski definition) is 5. The third kappa shape index (κ3) is 1.34. The maximum atomic E-state index is 12.3. The summed E-state index contributed by atoms with van der Waals surface area (Å²) in [6.07, 6.45) is 3.12. The van der Waals surface area contributed by atoms with Crippen molar-refractivity contribution in [3.8, 4) is 23.0 Å². The first-order valence-corrected chi connectivity index (χ1v) is 6.58. The van der Waals surface area contributed by atoms with Gasteiger partial charge < -0.3 is 20.4 Å². The van der Waals surface area contributed by atoms with E-state index >= 15 is 0 Å². The Morgan fingerprint density at radius 2 is 1.32 bits per heavy atom. The molecule has 0 saturated heterocycles. The van der Waals surface area contributed by atoms with Crippen molar-refractivity contribution in [3.63, 3.8) is 0 Å². The highest BCUT2D eigenvalue weighted by atomic mass is 16.3. The molecule has 2 aliphatic rings. The second kappa shape index (κ2) is 3.92. The highest BCUT2D eigenvalue weighted by molar-refractivity contribution is 6.31. The first-order valence-electron chi connectivity index (χ1n) is 6.58. The molecule has 0 fully saturated rings. The largest absolute Gasteiger partial charge is 0.504 e. The number of hydrogen-bond donors (Lipinski definition) is 4. The SMILES string of the molecule is O=C1C=C2C(=Cc3ccccc32)c2c(O)c(O)c(O)c(O)c21. The van der Waals surface area contributed by atoms with Gasteiger partial charge in [0.25, 0.3) is 0 Å². The maximum absolute atomic E-state index is 12.3. The van der Waals surface area contributed by atoms with Crippen LogP contribution in [0.5, 0.6) is 23.0 Å². The summed E-state index contributed by atoms with van der Waals surface area (Å²) in [4.78, 5) is 12.3. The van der Waals surface area contributed by atoms with E-state index in [1.165, 1.54) is 6.08 Å². The van der Waals surface area contributed by atoms with Crippen molar-refractivity contribution in [1.82, 2.24) is 0 Å². The van der Waals surface area contributed by atoms with Crippen molar-refractivity contribution >= 4 is 23.0 Å². The molecule has 2 aromatic rings. The number of carbonyl (C=O) groups is 1. The molecule has 0 spiro atoms. The molecule has 4 rings (SSSR count). The minimum absolute atomic E-state index is 0.0338. The summed E-state index contributed by atoms with van der Waals surface area (Å²) in [5.74, 6) is -3.65.